The number of amides is 5. The fourth-order valence-corrected chi connectivity index (χ4v) is 3.06. The molecule has 224 valence electrons. The average Bonchev–Trinajstić information content (AvgIpc) is 2.83. The predicted molar refractivity (Wildman–Crippen MR) is 135 cm³/mol. The summed E-state index contributed by atoms with van der Waals surface area (Å²) in [6.45, 7) is 1.44. The van der Waals surface area contributed by atoms with Crippen molar-refractivity contribution in [1.29, 1.82) is 0 Å². The van der Waals surface area contributed by atoms with Crippen molar-refractivity contribution in [3.05, 3.63) is 0 Å². The van der Waals surface area contributed by atoms with Gasteiger partial charge in [-0.3, -0.25) is 47.9 Å². The van der Waals surface area contributed by atoms with E-state index in [-0.39, 0.29) is 6.54 Å². The molecule has 0 rings (SSSR count). The molecule has 19 heteroatoms. The first-order valence-electron chi connectivity index (χ1n) is 11.6. The summed E-state index contributed by atoms with van der Waals surface area (Å²) in [6, 6.07) is -5.26. The van der Waals surface area contributed by atoms with Crippen LogP contribution >= 0.6 is 12.8 Å². The highest BCUT2D eigenvalue weighted by molar-refractivity contribution is 7.78. The zero-order valence-electron chi connectivity index (χ0n) is 21.5. The lowest BCUT2D eigenvalue weighted by Gasteiger charge is -2.24. The standard InChI is InChI=1S/C21H32N6O12S/c1-9(2)19(37)10(3-16(31)32)26-21(39)12(5-18(35)36)27-20(38)11(4-17(33)34)25-15(30)7-23-13(28)6-22-14(29)8-24-40/h9-12,24,40H,3-8H2,1-2H3,(H,22,29)(H,23,28)(H,25,30)(H,26,39)(H,27,38)(H,31,32)(H,33,34)(H,35,36). The van der Waals surface area contributed by atoms with Crippen LogP contribution in [0.4, 0.5) is 0 Å². The van der Waals surface area contributed by atoms with Crippen LogP contribution in [0.25, 0.3) is 0 Å². The smallest absolute Gasteiger partial charge is 0.305 e. The number of ketones is 1. The first kappa shape index (κ1) is 35.7. The lowest BCUT2D eigenvalue weighted by Crippen LogP contribution is -2.57. The largest absolute Gasteiger partial charge is 0.481 e. The summed E-state index contributed by atoms with van der Waals surface area (Å²) < 4.78 is 2.25. The maximum Gasteiger partial charge on any atom is 0.305 e. The van der Waals surface area contributed by atoms with E-state index in [0.29, 0.717) is 0 Å². The van der Waals surface area contributed by atoms with Crippen LogP contribution in [0.15, 0.2) is 0 Å². The number of Topliss-reactive ketones (excluding diaryl/α,β-unsaturated/α-hetero) is 1. The Labute approximate surface area is 232 Å². The third-order valence-corrected chi connectivity index (χ3v) is 4.94. The molecule has 0 aliphatic carbocycles. The average molecular weight is 593 g/mol. The van der Waals surface area contributed by atoms with E-state index in [0.717, 1.165) is 0 Å². The molecule has 0 aromatic carbocycles. The summed E-state index contributed by atoms with van der Waals surface area (Å²) in [5, 5.41) is 37.7. The summed E-state index contributed by atoms with van der Waals surface area (Å²) in [4.78, 5) is 107. The molecule has 0 spiro atoms. The van der Waals surface area contributed by atoms with Gasteiger partial charge in [-0.1, -0.05) is 26.7 Å². The van der Waals surface area contributed by atoms with Gasteiger partial charge in [-0.15, -0.1) is 0 Å². The highest BCUT2D eigenvalue weighted by Crippen LogP contribution is 2.06. The van der Waals surface area contributed by atoms with Gasteiger partial charge in [0.1, 0.15) is 12.1 Å². The van der Waals surface area contributed by atoms with Crippen molar-refractivity contribution in [2.75, 3.05) is 19.6 Å². The van der Waals surface area contributed by atoms with Gasteiger partial charge >= 0.3 is 17.9 Å². The number of carboxylic acid groups (broad SMARTS) is 3. The molecular weight excluding hydrogens is 560 g/mol. The molecule has 0 aliphatic heterocycles. The van der Waals surface area contributed by atoms with Gasteiger partial charge in [0.25, 0.3) is 0 Å². The van der Waals surface area contributed by atoms with E-state index >= 15 is 0 Å². The van der Waals surface area contributed by atoms with E-state index in [2.05, 4.69) is 33.5 Å². The Bertz CT molecular complexity index is 1000. The number of nitrogens with one attached hydrogen (secondary N) is 6. The number of aliphatic carboxylic acids is 3. The molecule has 0 radical (unpaired) electrons. The van der Waals surface area contributed by atoms with Crippen LogP contribution in [-0.2, 0) is 43.2 Å². The molecule has 0 bridgehead atoms. The Balaban J connectivity index is 5.45. The molecule has 0 fully saturated rings. The normalized spacial score (nSPS) is 12.7. The van der Waals surface area contributed by atoms with E-state index in [1.165, 1.54) is 13.8 Å². The molecule has 5 amide bonds. The van der Waals surface area contributed by atoms with E-state index in [9.17, 15) is 43.2 Å². The molecule has 9 N–H and O–H groups in total. The monoisotopic (exact) mass is 592 g/mol. The minimum Gasteiger partial charge on any atom is -0.481 e. The van der Waals surface area contributed by atoms with Gasteiger partial charge in [0.15, 0.2) is 5.78 Å². The number of carbonyl (C=O) groups excluding carboxylic acids is 6. The number of hydrogen-bond donors (Lipinski definition) is 10. The maximum atomic E-state index is 12.7. The quantitative estimate of drug-likeness (QED) is 0.0637. The van der Waals surface area contributed by atoms with Crippen LogP contribution in [0.3, 0.4) is 0 Å². The zero-order valence-corrected chi connectivity index (χ0v) is 22.4. The van der Waals surface area contributed by atoms with E-state index < -0.39 is 110 Å². The molecule has 0 heterocycles. The first-order chi connectivity index (χ1) is 18.6. The summed E-state index contributed by atoms with van der Waals surface area (Å²) in [5.74, 6) is -10.9. The molecular formula is C21H32N6O12S. The number of carboxylic acids is 3. The van der Waals surface area contributed by atoms with Crippen molar-refractivity contribution in [2.45, 2.75) is 51.2 Å². The molecule has 3 unspecified atom stereocenters. The summed E-state index contributed by atoms with van der Waals surface area (Å²) >= 11 is 3.61. The minimum absolute atomic E-state index is 0.196. The van der Waals surface area contributed by atoms with Gasteiger partial charge < -0.3 is 41.9 Å². The predicted octanol–water partition coefficient (Wildman–Crippen LogP) is -4.24. The van der Waals surface area contributed by atoms with Crippen LogP contribution in [0.1, 0.15) is 33.1 Å². The van der Waals surface area contributed by atoms with Crippen molar-refractivity contribution < 1.29 is 58.5 Å². The highest BCUT2D eigenvalue weighted by Gasteiger charge is 2.33. The number of hydrogen-bond acceptors (Lipinski definition) is 11. The van der Waals surface area contributed by atoms with Crippen LogP contribution in [-0.4, -0.2) is 106 Å². The second-order valence-electron chi connectivity index (χ2n) is 8.48. The fourth-order valence-electron chi connectivity index (χ4n) is 2.91. The Morgan fingerprint density at radius 3 is 1.38 bits per heavy atom. The summed E-state index contributed by atoms with van der Waals surface area (Å²) in [6.07, 6.45) is -2.87. The summed E-state index contributed by atoms with van der Waals surface area (Å²) in [7, 11) is 0. The Morgan fingerprint density at radius 1 is 0.575 bits per heavy atom. The molecule has 0 aromatic rings. The van der Waals surface area contributed by atoms with Crippen molar-refractivity contribution in [1.82, 2.24) is 31.3 Å². The van der Waals surface area contributed by atoms with Gasteiger partial charge in [0, 0.05) is 5.92 Å². The lowest BCUT2D eigenvalue weighted by molar-refractivity contribution is -0.144. The number of thiol groups is 1. The molecule has 0 aliphatic rings. The lowest BCUT2D eigenvalue weighted by atomic mass is 9.98. The third kappa shape index (κ3) is 15.2. The molecule has 0 saturated carbocycles. The number of carbonyl (C=O) groups is 9. The van der Waals surface area contributed by atoms with Crippen molar-refractivity contribution in [3.63, 3.8) is 0 Å². The van der Waals surface area contributed by atoms with Crippen LogP contribution in [0.5, 0.6) is 0 Å². The SMILES string of the molecule is CC(C)C(=O)C(CC(=O)O)NC(=O)C(CC(=O)O)NC(=O)C(CC(=O)O)NC(=O)CNC(=O)CNC(=O)CNS. The molecule has 40 heavy (non-hydrogen) atoms. The zero-order chi connectivity index (χ0) is 31.0. The Morgan fingerprint density at radius 2 is 0.950 bits per heavy atom. The van der Waals surface area contributed by atoms with E-state index in [4.69, 9.17) is 15.3 Å². The highest BCUT2D eigenvalue weighted by atomic mass is 32.1. The molecule has 3 atom stereocenters. The van der Waals surface area contributed by atoms with E-state index in [1.807, 2.05) is 10.6 Å². The van der Waals surface area contributed by atoms with Gasteiger partial charge in [0.05, 0.1) is 44.9 Å². The van der Waals surface area contributed by atoms with Gasteiger partial charge in [-0.2, -0.15) is 0 Å². The first-order valence-corrected chi connectivity index (χ1v) is 12.0. The minimum atomic E-state index is -1.88. The Kier molecular flexibility index (Phi) is 16.2. The topological polar surface area (TPSA) is 286 Å². The van der Waals surface area contributed by atoms with Crippen LogP contribution < -0.4 is 31.3 Å². The molecule has 18 nitrogen and oxygen atoms in total. The van der Waals surface area contributed by atoms with E-state index in [1.54, 1.807) is 0 Å². The molecule has 0 aromatic heterocycles. The molecule has 0 saturated heterocycles. The van der Waals surface area contributed by atoms with Crippen LogP contribution in [0, 0.1) is 5.92 Å². The van der Waals surface area contributed by atoms with Gasteiger partial charge in [-0.25, -0.2) is 0 Å². The summed E-state index contributed by atoms with van der Waals surface area (Å²) in [5.41, 5.74) is 0. The fraction of sp³-hybridized carbons (Fsp3) is 0.571. The van der Waals surface area contributed by atoms with Gasteiger partial charge in [-0.05, 0) is 0 Å². The van der Waals surface area contributed by atoms with Gasteiger partial charge in [0.2, 0.25) is 29.5 Å². The third-order valence-electron chi connectivity index (χ3n) is 4.78. The van der Waals surface area contributed by atoms with Crippen molar-refractivity contribution in [3.8, 4) is 0 Å². The van der Waals surface area contributed by atoms with Crippen molar-refractivity contribution in [2.24, 2.45) is 5.92 Å². The maximum absolute atomic E-state index is 12.7. The van der Waals surface area contributed by atoms with Crippen LogP contribution in [0.2, 0.25) is 0 Å². The second kappa shape index (κ2) is 18.1. The van der Waals surface area contributed by atoms with Crippen molar-refractivity contribution >= 4 is 66.0 Å². The second-order valence-corrected chi connectivity index (χ2v) is 8.80. The Hall–Kier alpha value is -4.26. The number of rotatable bonds is 19.